The van der Waals surface area contributed by atoms with Crippen LogP contribution >= 0.6 is 11.6 Å². The van der Waals surface area contributed by atoms with E-state index in [-0.39, 0.29) is 26.9 Å². The Kier molecular flexibility index (Phi) is 8.19. The van der Waals surface area contributed by atoms with Crippen LogP contribution in [0.25, 0.3) is 0 Å². The Morgan fingerprint density at radius 1 is 1.06 bits per heavy atom. The fourth-order valence-electron chi connectivity index (χ4n) is 2.56. The number of benzene rings is 2. The fraction of sp³-hybridized carbons (Fsp3) is 0.250. The number of carbonyl (C=O) groups is 3. The summed E-state index contributed by atoms with van der Waals surface area (Å²) < 4.78 is 35.4. The molecule has 2 aromatic rings. The highest BCUT2D eigenvalue weighted by Gasteiger charge is 2.23. The molecular weight excluding hydrogens is 462 g/mol. The molecule has 0 aliphatic heterocycles. The maximum Gasteiger partial charge on any atom is 0.413 e. The van der Waals surface area contributed by atoms with E-state index in [1.807, 2.05) is 0 Å². The first-order valence-electron chi connectivity index (χ1n) is 9.08. The van der Waals surface area contributed by atoms with E-state index in [1.165, 1.54) is 58.6 Å². The van der Waals surface area contributed by atoms with Crippen molar-refractivity contribution in [2.45, 2.75) is 4.90 Å². The van der Waals surface area contributed by atoms with Crippen molar-refractivity contribution in [1.82, 2.24) is 4.31 Å². The van der Waals surface area contributed by atoms with Gasteiger partial charge in [-0.1, -0.05) is 23.7 Å². The molecule has 0 spiro atoms. The number of nitrogens with one attached hydrogen (secondary N) is 1. The van der Waals surface area contributed by atoms with E-state index in [4.69, 9.17) is 16.3 Å². The van der Waals surface area contributed by atoms with Crippen molar-refractivity contribution >= 4 is 51.0 Å². The molecule has 2 rings (SSSR count). The number of para-hydroxylation sites is 1. The molecule has 0 heterocycles. The lowest BCUT2D eigenvalue weighted by atomic mass is 10.1. The average Bonchev–Trinajstić information content (AvgIpc) is 2.77. The second-order valence-corrected chi connectivity index (χ2v) is 9.13. The minimum absolute atomic E-state index is 0.00513. The number of rotatable bonds is 7. The molecule has 0 atom stereocenters. The topological polar surface area (TPSA) is 122 Å². The van der Waals surface area contributed by atoms with Gasteiger partial charge in [-0.2, -0.15) is 0 Å². The van der Waals surface area contributed by atoms with Crippen molar-refractivity contribution in [2.75, 3.05) is 45.1 Å². The molecule has 2 aromatic carbocycles. The van der Waals surface area contributed by atoms with E-state index in [0.29, 0.717) is 0 Å². The standard InChI is InChI=1S/C20H22ClN3O7S/c1-23(2)32(28,29)17-11-13(9-10-15(17)21)22-18(25)12-31-19(26)14-7-5-6-8-16(14)24(3)20(27)30-4/h5-11H,12H2,1-4H3,(H,22,25). The highest BCUT2D eigenvalue weighted by Crippen LogP contribution is 2.27. The lowest BCUT2D eigenvalue weighted by Crippen LogP contribution is -2.28. The summed E-state index contributed by atoms with van der Waals surface area (Å²) in [5, 5.41) is 2.44. The number of anilines is 2. The summed E-state index contributed by atoms with van der Waals surface area (Å²) in [5.74, 6) is -1.54. The number of carbonyl (C=O) groups excluding carboxylic acids is 3. The smallest absolute Gasteiger partial charge is 0.413 e. The number of hydrogen-bond acceptors (Lipinski definition) is 7. The molecule has 172 valence electrons. The Morgan fingerprint density at radius 2 is 1.72 bits per heavy atom. The van der Waals surface area contributed by atoms with Crippen molar-refractivity contribution in [3.05, 3.63) is 53.1 Å². The zero-order chi connectivity index (χ0) is 24.1. The van der Waals surface area contributed by atoms with Crippen molar-refractivity contribution in [2.24, 2.45) is 0 Å². The molecule has 0 saturated carbocycles. The molecule has 12 heteroatoms. The van der Waals surface area contributed by atoms with Crippen LogP contribution in [-0.4, -0.2) is 65.6 Å². The Hall–Kier alpha value is -3.15. The molecule has 0 bridgehead atoms. The third-order valence-corrected chi connectivity index (χ3v) is 6.54. The van der Waals surface area contributed by atoms with Crippen LogP contribution < -0.4 is 10.2 Å². The third-order valence-electron chi connectivity index (χ3n) is 4.24. The first-order valence-corrected chi connectivity index (χ1v) is 10.9. The van der Waals surface area contributed by atoms with Gasteiger partial charge in [-0.05, 0) is 30.3 Å². The number of esters is 1. The monoisotopic (exact) mass is 483 g/mol. The van der Waals surface area contributed by atoms with Gasteiger partial charge in [-0.15, -0.1) is 0 Å². The number of hydrogen-bond donors (Lipinski definition) is 1. The van der Waals surface area contributed by atoms with E-state index < -0.39 is 34.6 Å². The maximum atomic E-state index is 12.5. The Bertz CT molecular complexity index is 1140. The normalized spacial score (nSPS) is 11.1. The molecule has 0 fully saturated rings. The second-order valence-electron chi connectivity index (χ2n) is 6.60. The summed E-state index contributed by atoms with van der Waals surface area (Å²) in [4.78, 5) is 37.4. The molecule has 0 aliphatic carbocycles. The van der Waals surface area contributed by atoms with Gasteiger partial charge in [0.2, 0.25) is 10.0 Å². The van der Waals surface area contributed by atoms with Gasteiger partial charge in [0.1, 0.15) is 4.90 Å². The van der Waals surface area contributed by atoms with E-state index >= 15 is 0 Å². The highest BCUT2D eigenvalue weighted by atomic mass is 35.5. The molecule has 0 saturated heterocycles. The average molecular weight is 484 g/mol. The summed E-state index contributed by atoms with van der Waals surface area (Å²) in [6, 6.07) is 10.1. The minimum Gasteiger partial charge on any atom is -0.452 e. The lowest BCUT2D eigenvalue weighted by Gasteiger charge is -2.18. The van der Waals surface area contributed by atoms with Crippen molar-refractivity contribution in [3.8, 4) is 0 Å². The molecule has 10 nitrogen and oxygen atoms in total. The van der Waals surface area contributed by atoms with Crippen LogP contribution in [0.4, 0.5) is 16.2 Å². The van der Waals surface area contributed by atoms with Crippen LogP contribution in [-0.2, 0) is 24.3 Å². The lowest BCUT2D eigenvalue weighted by molar-refractivity contribution is -0.119. The Morgan fingerprint density at radius 3 is 2.34 bits per heavy atom. The van der Waals surface area contributed by atoms with E-state index in [1.54, 1.807) is 12.1 Å². The van der Waals surface area contributed by atoms with E-state index in [9.17, 15) is 22.8 Å². The van der Waals surface area contributed by atoms with Crippen molar-refractivity contribution in [3.63, 3.8) is 0 Å². The first-order chi connectivity index (χ1) is 15.0. The predicted octanol–water partition coefficient (Wildman–Crippen LogP) is 2.59. The minimum atomic E-state index is -3.83. The van der Waals surface area contributed by atoms with Crippen LogP contribution in [0, 0.1) is 0 Å². The van der Waals surface area contributed by atoms with Gasteiger partial charge >= 0.3 is 12.1 Å². The van der Waals surface area contributed by atoms with Gasteiger partial charge in [0.15, 0.2) is 6.61 Å². The van der Waals surface area contributed by atoms with Crippen LogP contribution in [0.1, 0.15) is 10.4 Å². The molecule has 0 unspecified atom stereocenters. The molecular formula is C20H22ClN3O7S. The quantitative estimate of drug-likeness (QED) is 0.600. The van der Waals surface area contributed by atoms with E-state index in [2.05, 4.69) is 10.1 Å². The molecule has 0 aromatic heterocycles. The summed E-state index contributed by atoms with van der Waals surface area (Å²) in [6.07, 6.45) is -0.686. The van der Waals surface area contributed by atoms with Crippen LogP contribution in [0.15, 0.2) is 47.4 Å². The summed E-state index contributed by atoms with van der Waals surface area (Å²) in [6.45, 7) is -0.645. The predicted molar refractivity (Wildman–Crippen MR) is 118 cm³/mol. The number of methoxy groups -OCH3 is 1. The molecule has 1 N–H and O–H groups in total. The first kappa shape index (κ1) is 25.1. The second kappa shape index (κ2) is 10.4. The van der Waals surface area contributed by atoms with Gasteiger partial charge < -0.3 is 14.8 Å². The number of nitrogens with zero attached hydrogens (tertiary/aromatic N) is 2. The van der Waals surface area contributed by atoms with Crippen LogP contribution in [0.3, 0.4) is 0 Å². The molecule has 0 radical (unpaired) electrons. The van der Waals surface area contributed by atoms with E-state index in [0.717, 1.165) is 9.21 Å². The van der Waals surface area contributed by atoms with Crippen molar-refractivity contribution in [1.29, 1.82) is 0 Å². The Balaban J connectivity index is 2.11. The van der Waals surface area contributed by atoms with Gasteiger partial charge in [0.25, 0.3) is 5.91 Å². The van der Waals surface area contributed by atoms with Crippen molar-refractivity contribution < 1.29 is 32.3 Å². The number of ether oxygens (including phenoxy) is 2. The van der Waals surface area contributed by atoms with Gasteiger partial charge in [0.05, 0.1) is 23.4 Å². The number of amides is 2. The zero-order valence-electron chi connectivity index (χ0n) is 17.8. The summed E-state index contributed by atoms with van der Waals surface area (Å²) >= 11 is 5.98. The highest BCUT2D eigenvalue weighted by molar-refractivity contribution is 7.89. The number of sulfonamides is 1. The third kappa shape index (κ3) is 5.75. The van der Waals surface area contributed by atoms with Crippen LogP contribution in [0.5, 0.6) is 0 Å². The maximum absolute atomic E-state index is 12.5. The largest absolute Gasteiger partial charge is 0.452 e. The molecule has 2 amide bonds. The molecule has 32 heavy (non-hydrogen) atoms. The van der Waals surface area contributed by atoms with Crippen LogP contribution in [0.2, 0.25) is 5.02 Å². The SMILES string of the molecule is COC(=O)N(C)c1ccccc1C(=O)OCC(=O)Nc1ccc(Cl)c(S(=O)(=O)N(C)C)c1. The zero-order valence-corrected chi connectivity index (χ0v) is 19.4. The van der Waals surface area contributed by atoms with Gasteiger partial charge in [0, 0.05) is 26.8 Å². The molecule has 0 aliphatic rings. The van der Waals surface area contributed by atoms with Gasteiger partial charge in [-0.25, -0.2) is 22.3 Å². The Labute approximate surface area is 190 Å². The summed E-state index contributed by atoms with van der Waals surface area (Å²) in [7, 11) is 1.50. The summed E-state index contributed by atoms with van der Waals surface area (Å²) in [5.41, 5.74) is 0.446. The van der Waals surface area contributed by atoms with Gasteiger partial charge in [-0.3, -0.25) is 9.69 Å². The number of halogens is 1. The fourth-order valence-corrected chi connectivity index (χ4v) is 3.95.